The molecule has 1 atom stereocenters. The highest BCUT2D eigenvalue weighted by atomic mass is 16.7. The summed E-state index contributed by atoms with van der Waals surface area (Å²) in [6.07, 6.45) is 6.37. The van der Waals surface area contributed by atoms with E-state index in [0.29, 0.717) is 18.8 Å². The lowest BCUT2D eigenvalue weighted by molar-refractivity contribution is 0.174. The Balaban J connectivity index is 1.36. The summed E-state index contributed by atoms with van der Waals surface area (Å²) in [5, 5.41) is 3.67. The van der Waals surface area contributed by atoms with Crippen LogP contribution >= 0.6 is 0 Å². The molecule has 0 unspecified atom stereocenters. The van der Waals surface area contributed by atoms with Crippen LogP contribution in [0.25, 0.3) is 0 Å². The third-order valence-electron chi connectivity index (χ3n) is 4.99. The number of anilines is 1. The highest BCUT2D eigenvalue weighted by Gasteiger charge is 2.22. The van der Waals surface area contributed by atoms with Gasteiger partial charge in [-0.25, -0.2) is 4.98 Å². The summed E-state index contributed by atoms with van der Waals surface area (Å²) in [6, 6.07) is 6.55. The molecule has 2 aliphatic rings. The molecule has 0 aliphatic carbocycles. The number of likely N-dealkylation sites (tertiary alicyclic amines) is 1. The number of ether oxygens (including phenoxy) is 2. The Bertz CT molecular complexity index is 743. The van der Waals surface area contributed by atoms with E-state index in [1.54, 1.807) is 0 Å². The Labute approximate surface area is 155 Å². The molecule has 1 N–H and O–H groups in total. The van der Waals surface area contributed by atoms with Crippen LogP contribution in [-0.4, -0.2) is 40.4 Å². The Kier molecular flexibility index (Phi) is 5.02. The second-order valence-corrected chi connectivity index (χ2v) is 7.72. The Morgan fingerprint density at radius 3 is 3.04 bits per heavy atom. The largest absolute Gasteiger partial charge is 0.454 e. The van der Waals surface area contributed by atoms with E-state index in [4.69, 9.17) is 9.47 Å². The van der Waals surface area contributed by atoms with Crippen LogP contribution in [0.1, 0.15) is 32.4 Å². The summed E-state index contributed by atoms with van der Waals surface area (Å²) in [6.45, 7) is 8.99. The molecule has 1 aromatic carbocycles. The fourth-order valence-corrected chi connectivity index (χ4v) is 3.81. The van der Waals surface area contributed by atoms with E-state index in [1.165, 1.54) is 18.5 Å². The summed E-state index contributed by atoms with van der Waals surface area (Å²) in [5.74, 6) is 2.30. The Morgan fingerprint density at radius 1 is 1.27 bits per heavy atom. The number of nitrogens with one attached hydrogen (secondary N) is 1. The van der Waals surface area contributed by atoms with Gasteiger partial charge >= 0.3 is 0 Å². The quantitative estimate of drug-likeness (QED) is 0.860. The van der Waals surface area contributed by atoms with Gasteiger partial charge in [0.1, 0.15) is 0 Å². The molecule has 0 spiro atoms. The first-order valence-electron chi connectivity index (χ1n) is 9.55. The van der Waals surface area contributed by atoms with Crippen LogP contribution in [0.15, 0.2) is 30.7 Å². The number of hydrogen-bond donors (Lipinski definition) is 1. The van der Waals surface area contributed by atoms with E-state index in [1.807, 2.05) is 24.7 Å². The van der Waals surface area contributed by atoms with Crippen molar-refractivity contribution in [2.75, 3.05) is 25.2 Å². The molecular weight excluding hydrogens is 328 g/mol. The molecular formula is C20H28N4O2. The lowest BCUT2D eigenvalue weighted by atomic mass is 10.0. The molecule has 1 aromatic heterocycles. The first kappa shape index (κ1) is 17.2. The maximum Gasteiger partial charge on any atom is 0.231 e. The van der Waals surface area contributed by atoms with Crippen molar-refractivity contribution in [2.45, 2.75) is 45.8 Å². The monoisotopic (exact) mass is 356 g/mol. The van der Waals surface area contributed by atoms with Crippen LogP contribution in [0.5, 0.6) is 11.5 Å². The minimum atomic E-state index is 0.319. The topological polar surface area (TPSA) is 51.6 Å². The highest BCUT2D eigenvalue weighted by Crippen LogP contribution is 2.34. The van der Waals surface area contributed by atoms with Gasteiger partial charge in [-0.15, -0.1) is 0 Å². The smallest absolute Gasteiger partial charge is 0.231 e. The molecule has 26 heavy (non-hydrogen) atoms. The number of piperidine rings is 1. The van der Waals surface area contributed by atoms with Crippen LogP contribution in [-0.2, 0) is 13.1 Å². The number of fused-ring (bicyclic) bond motifs is 1. The van der Waals surface area contributed by atoms with Crippen molar-refractivity contribution in [3.63, 3.8) is 0 Å². The molecule has 2 aromatic rings. The predicted molar refractivity (Wildman–Crippen MR) is 102 cm³/mol. The van der Waals surface area contributed by atoms with E-state index in [0.717, 1.165) is 43.4 Å². The molecule has 6 nitrogen and oxygen atoms in total. The average Bonchev–Trinajstić information content (AvgIpc) is 3.24. The fraction of sp³-hybridized carbons (Fsp3) is 0.550. The molecule has 2 aliphatic heterocycles. The number of aromatic nitrogens is 2. The van der Waals surface area contributed by atoms with Gasteiger partial charge in [-0.3, -0.25) is 4.90 Å². The lowest BCUT2D eigenvalue weighted by Gasteiger charge is -2.33. The number of hydrogen-bond acceptors (Lipinski definition) is 5. The molecule has 0 radical (unpaired) electrons. The molecule has 0 bridgehead atoms. The van der Waals surface area contributed by atoms with Crippen molar-refractivity contribution >= 4 is 5.69 Å². The molecule has 0 amide bonds. The van der Waals surface area contributed by atoms with Gasteiger partial charge in [0.2, 0.25) is 6.79 Å². The molecule has 6 heteroatoms. The third kappa shape index (κ3) is 3.96. The van der Waals surface area contributed by atoms with Crippen molar-refractivity contribution in [3.05, 3.63) is 36.4 Å². The van der Waals surface area contributed by atoms with Crippen LogP contribution in [0.4, 0.5) is 5.69 Å². The van der Waals surface area contributed by atoms with E-state index in [9.17, 15) is 0 Å². The first-order valence-corrected chi connectivity index (χ1v) is 9.55. The standard InChI is InChI=1S/C20H28N4O2/c1-15(2)10-24-13-21-9-18(24)12-23-7-3-4-17(11-23)22-16-5-6-19-20(8-16)26-14-25-19/h5-6,8-9,13,15,17,22H,3-4,7,10-12,14H2,1-2H3/t17-/m1/s1. The van der Waals surface area contributed by atoms with E-state index in [2.05, 4.69) is 39.7 Å². The van der Waals surface area contributed by atoms with Crippen LogP contribution in [0.3, 0.4) is 0 Å². The minimum absolute atomic E-state index is 0.319. The van der Waals surface area contributed by atoms with Gasteiger partial charge in [0.25, 0.3) is 0 Å². The molecule has 1 saturated heterocycles. The second-order valence-electron chi connectivity index (χ2n) is 7.72. The second kappa shape index (κ2) is 7.58. The number of imidazole rings is 1. The van der Waals surface area contributed by atoms with Crippen molar-refractivity contribution < 1.29 is 9.47 Å². The van der Waals surface area contributed by atoms with Gasteiger partial charge in [0.15, 0.2) is 11.5 Å². The molecule has 140 valence electrons. The van der Waals surface area contributed by atoms with Gasteiger partial charge in [0.05, 0.1) is 12.0 Å². The van der Waals surface area contributed by atoms with Crippen molar-refractivity contribution in [1.82, 2.24) is 14.5 Å². The molecule has 0 saturated carbocycles. The number of rotatable bonds is 6. The van der Waals surface area contributed by atoms with Gasteiger partial charge < -0.3 is 19.4 Å². The van der Waals surface area contributed by atoms with Gasteiger partial charge in [0, 0.05) is 43.6 Å². The van der Waals surface area contributed by atoms with Gasteiger partial charge in [-0.05, 0) is 37.4 Å². The number of benzene rings is 1. The summed E-state index contributed by atoms with van der Waals surface area (Å²) in [7, 11) is 0. The zero-order valence-corrected chi connectivity index (χ0v) is 15.6. The van der Waals surface area contributed by atoms with Crippen molar-refractivity contribution in [3.8, 4) is 11.5 Å². The maximum atomic E-state index is 5.48. The van der Waals surface area contributed by atoms with Crippen LogP contribution < -0.4 is 14.8 Å². The van der Waals surface area contributed by atoms with Crippen molar-refractivity contribution in [1.29, 1.82) is 0 Å². The van der Waals surface area contributed by atoms with Gasteiger partial charge in [-0.1, -0.05) is 13.8 Å². The van der Waals surface area contributed by atoms with Gasteiger partial charge in [-0.2, -0.15) is 0 Å². The van der Waals surface area contributed by atoms with E-state index in [-0.39, 0.29) is 0 Å². The van der Waals surface area contributed by atoms with E-state index < -0.39 is 0 Å². The SMILES string of the molecule is CC(C)Cn1cncc1CN1CCC[C@@H](Nc2ccc3c(c2)OCO3)C1. The molecule has 1 fully saturated rings. The summed E-state index contributed by atoms with van der Waals surface area (Å²) in [4.78, 5) is 6.89. The summed E-state index contributed by atoms with van der Waals surface area (Å²) < 4.78 is 13.2. The Hall–Kier alpha value is -2.21. The summed E-state index contributed by atoms with van der Waals surface area (Å²) in [5.41, 5.74) is 2.41. The highest BCUT2D eigenvalue weighted by molar-refractivity contribution is 5.56. The zero-order valence-electron chi connectivity index (χ0n) is 15.6. The maximum absolute atomic E-state index is 5.48. The van der Waals surface area contributed by atoms with Crippen molar-refractivity contribution in [2.24, 2.45) is 5.92 Å². The lowest BCUT2D eigenvalue weighted by Crippen LogP contribution is -2.41. The predicted octanol–water partition coefficient (Wildman–Crippen LogP) is 3.34. The van der Waals surface area contributed by atoms with Crippen LogP contribution in [0.2, 0.25) is 0 Å². The third-order valence-corrected chi connectivity index (χ3v) is 4.99. The average molecular weight is 356 g/mol. The Morgan fingerprint density at radius 2 is 2.15 bits per heavy atom. The first-order chi connectivity index (χ1) is 12.7. The van der Waals surface area contributed by atoms with Crippen LogP contribution in [0, 0.1) is 5.92 Å². The summed E-state index contributed by atoms with van der Waals surface area (Å²) >= 11 is 0. The normalized spacial score (nSPS) is 19.9. The molecule has 3 heterocycles. The minimum Gasteiger partial charge on any atom is -0.454 e. The number of nitrogens with zero attached hydrogens (tertiary/aromatic N) is 3. The fourth-order valence-electron chi connectivity index (χ4n) is 3.81. The van der Waals surface area contributed by atoms with E-state index >= 15 is 0 Å². The zero-order chi connectivity index (χ0) is 17.9. The molecule has 4 rings (SSSR count).